The fraction of sp³-hybridized carbons (Fsp3) is 0.412. The molecule has 0 bridgehead atoms. The molecule has 140 valence electrons. The van der Waals surface area contributed by atoms with Gasteiger partial charge in [0, 0.05) is 20.7 Å². The molecular weight excluding hydrogens is 340 g/mol. The van der Waals surface area contributed by atoms with E-state index in [4.69, 9.17) is 14.6 Å². The van der Waals surface area contributed by atoms with Crippen LogP contribution in [0.2, 0.25) is 0 Å². The number of ether oxygens (including phenoxy) is 2. The van der Waals surface area contributed by atoms with E-state index >= 15 is 0 Å². The van der Waals surface area contributed by atoms with Gasteiger partial charge in [-0.25, -0.2) is 0 Å². The van der Waals surface area contributed by atoms with E-state index in [2.05, 4.69) is 10.2 Å². The van der Waals surface area contributed by atoms with Crippen molar-refractivity contribution in [1.82, 2.24) is 19.9 Å². The van der Waals surface area contributed by atoms with Gasteiger partial charge in [0.1, 0.15) is 12.4 Å². The zero-order valence-electron chi connectivity index (χ0n) is 15.0. The van der Waals surface area contributed by atoms with Gasteiger partial charge in [0.15, 0.2) is 5.69 Å². The van der Waals surface area contributed by atoms with Crippen LogP contribution in [0, 0.1) is 6.92 Å². The molecule has 9 nitrogen and oxygen atoms in total. The molecule has 0 aliphatic rings. The number of carboxylic acid groups (broad SMARTS) is 1. The van der Waals surface area contributed by atoms with Crippen molar-refractivity contribution in [2.45, 2.75) is 13.3 Å². The molecule has 1 aromatic heterocycles. The molecule has 0 radical (unpaired) electrons. The van der Waals surface area contributed by atoms with Gasteiger partial charge in [-0.3, -0.25) is 9.59 Å². The first-order valence-electron chi connectivity index (χ1n) is 8.05. The monoisotopic (exact) mass is 362 g/mol. The lowest BCUT2D eigenvalue weighted by Crippen LogP contribution is -2.30. The summed E-state index contributed by atoms with van der Waals surface area (Å²) in [6.07, 6.45) is -0.125. The predicted molar refractivity (Wildman–Crippen MR) is 92.7 cm³/mol. The molecule has 1 amide bonds. The number of benzene rings is 1. The fourth-order valence-corrected chi connectivity index (χ4v) is 2.16. The Morgan fingerprint density at radius 3 is 2.50 bits per heavy atom. The topological polar surface area (TPSA) is 107 Å². The van der Waals surface area contributed by atoms with Crippen molar-refractivity contribution in [3.63, 3.8) is 0 Å². The summed E-state index contributed by atoms with van der Waals surface area (Å²) in [7, 11) is 3.14. The second-order valence-corrected chi connectivity index (χ2v) is 5.63. The minimum Gasteiger partial charge on any atom is -0.491 e. The Morgan fingerprint density at radius 1 is 1.19 bits per heavy atom. The molecule has 1 aromatic carbocycles. The van der Waals surface area contributed by atoms with Gasteiger partial charge in [0.2, 0.25) is 0 Å². The summed E-state index contributed by atoms with van der Waals surface area (Å²) in [5.41, 5.74) is 1.34. The number of aliphatic carboxylic acids is 1. The minimum atomic E-state index is -0.960. The summed E-state index contributed by atoms with van der Waals surface area (Å²) in [5, 5.41) is 17.2. The highest BCUT2D eigenvalue weighted by Crippen LogP contribution is 2.15. The van der Waals surface area contributed by atoms with Crippen LogP contribution in [0.3, 0.4) is 0 Å². The quantitative estimate of drug-likeness (QED) is 0.667. The van der Waals surface area contributed by atoms with Gasteiger partial charge in [0.05, 0.1) is 24.4 Å². The van der Waals surface area contributed by atoms with Gasteiger partial charge < -0.3 is 19.5 Å². The predicted octanol–water partition coefficient (Wildman–Crippen LogP) is 1.15. The van der Waals surface area contributed by atoms with Crippen molar-refractivity contribution < 1.29 is 24.2 Å². The van der Waals surface area contributed by atoms with E-state index in [1.807, 2.05) is 0 Å². The molecule has 0 fully saturated rings. The SMILES string of the molecule is COCCOc1ccc(-n2nc(C)c(C(=O)N(C)CCC(=O)O)n2)cc1. The average Bonchev–Trinajstić information content (AvgIpc) is 3.01. The number of aromatic nitrogens is 3. The van der Waals surface area contributed by atoms with Crippen LogP contribution in [0.4, 0.5) is 0 Å². The third kappa shape index (κ3) is 5.03. The molecule has 2 aromatic rings. The molecule has 1 heterocycles. The number of hydrogen-bond acceptors (Lipinski definition) is 6. The largest absolute Gasteiger partial charge is 0.491 e. The highest BCUT2D eigenvalue weighted by Gasteiger charge is 2.20. The van der Waals surface area contributed by atoms with Crippen LogP contribution in [0.15, 0.2) is 24.3 Å². The smallest absolute Gasteiger partial charge is 0.305 e. The molecule has 26 heavy (non-hydrogen) atoms. The summed E-state index contributed by atoms with van der Waals surface area (Å²) < 4.78 is 10.4. The number of carbonyl (C=O) groups is 2. The number of amides is 1. The highest BCUT2D eigenvalue weighted by molar-refractivity contribution is 5.93. The maximum absolute atomic E-state index is 12.4. The van der Waals surface area contributed by atoms with Crippen LogP contribution in [0.1, 0.15) is 22.6 Å². The summed E-state index contributed by atoms with van der Waals surface area (Å²) in [4.78, 5) is 25.7. The Hall–Kier alpha value is -2.94. The number of methoxy groups -OCH3 is 1. The Balaban J connectivity index is 2.09. The van der Waals surface area contributed by atoms with Gasteiger partial charge in [0.25, 0.3) is 5.91 Å². The summed E-state index contributed by atoms with van der Waals surface area (Å²) in [5.74, 6) is -0.633. The van der Waals surface area contributed by atoms with Gasteiger partial charge in [-0.1, -0.05) is 0 Å². The zero-order chi connectivity index (χ0) is 19.1. The molecule has 2 rings (SSSR count). The van der Waals surface area contributed by atoms with E-state index in [-0.39, 0.29) is 24.6 Å². The number of hydrogen-bond donors (Lipinski definition) is 1. The van der Waals surface area contributed by atoms with Gasteiger partial charge in [-0.15, -0.1) is 5.10 Å². The lowest BCUT2D eigenvalue weighted by atomic mass is 10.3. The number of carboxylic acids is 1. The normalized spacial score (nSPS) is 10.6. The van der Waals surface area contributed by atoms with E-state index in [0.717, 1.165) is 0 Å². The van der Waals surface area contributed by atoms with Crippen LogP contribution in [-0.4, -0.2) is 70.8 Å². The average molecular weight is 362 g/mol. The van der Waals surface area contributed by atoms with Crippen molar-refractivity contribution >= 4 is 11.9 Å². The lowest BCUT2D eigenvalue weighted by molar-refractivity contribution is -0.137. The van der Waals surface area contributed by atoms with Crippen LogP contribution >= 0.6 is 0 Å². The Labute approximate surface area is 151 Å². The van der Waals surface area contributed by atoms with Crippen molar-refractivity contribution in [3.8, 4) is 11.4 Å². The van der Waals surface area contributed by atoms with Gasteiger partial charge in [-0.05, 0) is 31.2 Å². The van der Waals surface area contributed by atoms with Crippen molar-refractivity contribution in [2.24, 2.45) is 0 Å². The first-order valence-corrected chi connectivity index (χ1v) is 8.05. The number of rotatable bonds is 9. The summed E-state index contributed by atoms with van der Waals surface area (Å²) >= 11 is 0. The molecule has 1 N–H and O–H groups in total. The Morgan fingerprint density at radius 2 is 1.88 bits per heavy atom. The summed E-state index contributed by atoms with van der Waals surface area (Å²) in [6.45, 7) is 2.75. The Kier molecular flexibility index (Phi) is 6.67. The highest BCUT2D eigenvalue weighted by atomic mass is 16.5. The molecule has 0 unspecified atom stereocenters. The van der Waals surface area contributed by atoms with E-state index in [0.29, 0.717) is 30.3 Å². The van der Waals surface area contributed by atoms with Gasteiger partial charge in [-0.2, -0.15) is 9.90 Å². The maximum Gasteiger partial charge on any atom is 0.305 e. The number of nitrogens with zero attached hydrogens (tertiary/aromatic N) is 4. The van der Waals surface area contributed by atoms with Crippen molar-refractivity contribution in [3.05, 3.63) is 35.7 Å². The number of carbonyl (C=O) groups excluding carboxylic acids is 1. The van der Waals surface area contributed by atoms with E-state index in [1.165, 1.54) is 16.7 Å². The van der Waals surface area contributed by atoms with Crippen LogP contribution < -0.4 is 4.74 Å². The molecule has 9 heteroatoms. The van der Waals surface area contributed by atoms with Crippen LogP contribution in [0.5, 0.6) is 5.75 Å². The molecule has 0 saturated heterocycles. The molecular formula is C17H22N4O5. The fourth-order valence-electron chi connectivity index (χ4n) is 2.16. The zero-order valence-corrected chi connectivity index (χ0v) is 15.0. The standard InChI is InChI=1S/C17H22N4O5/c1-12-16(17(24)20(2)9-8-15(22)23)19-21(18-12)13-4-6-14(7-5-13)26-11-10-25-3/h4-7H,8-11H2,1-3H3,(H,22,23). The first-order chi connectivity index (χ1) is 12.4. The van der Waals surface area contributed by atoms with Crippen LogP contribution in [-0.2, 0) is 9.53 Å². The maximum atomic E-state index is 12.4. The lowest BCUT2D eigenvalue weighted by Gasteiger charge is -2.14. The second-order valence-electron chi connectivity index (χ2n) is 5.63. The minimum absolute atomic E-state index is 0.105. The second kappa shape index (κ2) is 8.95. The Bertz CT molecular complexity index is 757. The molecule has 0 aliphatic heterocycles. The number of aryl methyl sites for hydroxylation is 1. The van der Waals surface area contributed by atoms with E-state index in [9.17, 15) is 9.59 Å². The third-order valence-corrected chi connectivity index (χ3v) is 3.62. The van der Waals surface area contributed by atoms with Crippen molar-refractivity contribution in [1.29, 1.82) is 0 Å². The van der Waals surface area contributed by atoms with E-state index < -0.39 is 5.97 Å². The molecule has 0 aliphatic carbocycles. The third-order valence-electron chi connectivity index (χ3n) is 3.62. The van der Waals surface area contributed by atoms with Gasteiger partial charge >= 0.3 is 5.97 Å². The molecule has 0 atom stereocenters. The molecule has 0 saturated carbocycles. The van der Waals surface area contributed by atoms with Crippen molar-refractivity contribution in [2.75, 3.05) is 33.9 Å². The summed E-state index contributed by atoms with van der Waals surface area (Å²) in [6, 6.07) is 7.13. The van der Waals surface area contributed by atoms with Crippen LogP contribution in [0.25, 0.3) is 5.69 Å². The molecule has 0 spiro atoms. The first kappa shape index (κ1) is 19.4. The van der Waals surface area contributed by atoms with E-state index in [1.54, 1.807) is 38.3 Å².